The summed E-state index contributed by atoms with van der Waals surface area (Å²) in [6.45, 7) is 3.34. The second kappa shape index (κ2) is 10.8. The van der Waals surface area contributed by atoms with E-state index < -0.39 is 0 Å². The third-order valence-electron chi connectivity index (χ3n) is 5.59. The van der Waals surface area contributed by atoms with Crippen LogP contribution < -0.4 is 0 Å². The molecule has 4 atom stereocenters. The van der Waals surface area contributed by atoms with E-state index >= 15 is 0 Å². The van der Waals surface area contributed by atoms with E-state index in [2.05, 4.69) is 68.5 Å². The summed E-state index contributed by atoms with van der Waals surface area (Å²) < 4.78 is 0. The van der Waals surface area contributed by atoms with Crippen LogP contribution in [0.25, 0.3) is 0 Å². The molecule has 0 spiro atoms. The second-order valence-corrected chi connectivity index (χ2v) is 7.96. The zero-order chi connectivity index (χ0) is 18.1. The number of aliphatic hydroxyl groups excluding tert-OH is 1. The Morgan fingerprint density at radius 1 is 1.12 bits per heavy atom. The van der Waals surface area contributed by atoms with Gasteiger partial charge in [-0.3, -0.25) is 0 Å². The zero-order valence-electron chi connectivity index (χ0n) is 16.4. The number of nitrogens with zero attached hydrogens (tertiary/aromatic N) is 1. The Hall–Kier alpha value is -1.12. The fourth-order valence-electron chi connectivity index (χ4n) is 4.28. The van der Waals surface area contributed by atoms with Crippen LogP contribution in [0.2, 0.25) is 0 Å². The first kappa shape index (κ1) is 20.2. The third kappa shape index (κ3) is 6.60. The maximum atomic E-state index is 10.4. The van der Waals surface area contributed by atoms with Gasteiger partial charge in [0, 0.05) is 5.92 Å². The van der Waals surface area contributed by atoms with Crippen molar-refractivity contribution in [2.75, 3.05) is 20.6 Å². The van der Waals surface area contributed by atoms with Gasteiger partial charge in [-0.25, -0.2) is 0 Å². The highest BCUT2D eigenvalue weighted by Gasteiger charge is 2.42. The van der Waals surface area contributed by atoms with Crippen molar-refractivity contribution in [3.63, 3.8) is 0 Å². The molecule has 0 saturated heterocycles. The van der Waals surface area contributed by atoms with E-state index in [9.17, 15) is 5.11 Å². The summed E-state index contributed by atoms with van der Waals surface area (Å²) in [6.07, 6.45) is 23.5. The average Bonchev–Trinajstić information content (AvgIpc) is 3.07. The Bertz CT molecular complexity index is 500. The van der Waals surface area contributed by atoms with Crippen molar-refractivity contribution in [1.82, 2.24) is 4.90 Å². The van der Waals surface area contributed by atoms with Crippen LogP contribution in [0.15, 0.2) is 48.1 Å². The van der Waals surface area contributed by atoms with Gasteiger partial charge in [0.15, 0.2) is 0 Å². The molecular formula is C23H37NO. The number of unbranched alkanes of at least 4 members (excludes halogenated alkanes) is 2. The van der Waals surface area contributed by atoms with Crippen LogP contribution in [0.4, 0.5) is 0 Å². The van der Waals surface area contributed by atoms with E-state index in [1.807, 2.05) is 0 Å². The number of allylic oxidation sites excluding steroid dienone is 7. The molecule has 2 nitrogen and oxygen atoms in total. The number of fused-ring (bicyclic) bond motifs is 1. The molecule has 0 aromatic heterocycles. The lowest BCUT2D eigenvalue weighted by Crippen LogP contribution is -2.16. The molecule has 0 aliphatic heterocycles. The molecule has 2 aliphatic rings. The largest absolute Gasteiger partial charge is 0.392 e. The maximum absolute atomic E-state index is 10.4. The molecule has 2 aliphatic carbocycles. The minimum absolute atomic E-state index is 0.163. The lowest BCUT2D eigenvalue weighted by molar-refractivity contribution is 0.141. The molecule has 0 bridgehead atoms. The van der Waals surface area contributed by atoms with Crippen LogP contribution in [0.1, 0.15) is 51.9 Å². The zero-order valence-corrected chi connectivity index (χ0v) is 16.4. The predicted molar refractivity (Wildman–Crippen MR) is 109 cm³/mol. The average molecular weight is 344 g/mol. The second-order valence-electron chi connectivity index (χ2n) is 7.96. The van der Waals surface area contributed by atoms with Gasteiger partial charge in [0.1, 0.15) is 0 Å². The lowest BCUT2D eigenvalue weighted by Gasteiger charge is -2.18. The highest BCUT2D eigenvalue weighted by Crippen LogP contribution is 2.48. The summed E-state index contributed by atoms with van der Waals surface area (Å²) in [5.74, 6) is 1.56. The number of hydrogen-bond donors (Lipinski definition) is 1. The van der Waals surface area contributed by atoms with E-state index in [0.29, 0.717) is 17.8 Å². The van der Waals surface area contributed by atoms with Gasteiger partial charge >= 0.3 is 0 Å². The van der Waals surface area contributed by atoms with Crippen LogP contribution in [0, 0.1) is 17.8 Å². The predicted octanol–water partition coefficient (Wildman–Crippen LogP) is 5.13. The molecule has 1 N–H and O–H groups in total. The van der Waals surface area contributed by atoms with Gasteiger partial charge in [-0.15, -0.1) is 0 Å². The molecule has 0 aromatic rings. The molecule has 25 heavy (non-hydrogen) atoms. The fraction of sp³-hybridized carbons (Fsp3) is 0.652. The number of hydrogen-bond acceptors (Lipinski definition) is 2. The van der Waals surface area contributed by atoms with Crippen molar-refractivity contribution >= 4 is 0 Å². The summed E-state index contributed by atoms with van der Waals surface area (Å²) in [7, 11) is 4.30. The van der Waals surface area contributed by atoms with Gasteiger partial charge in [-0.2, -0.15) is 0 Å². The van der Waals surface area contributed by atoms with Gasteiger partial charge in [0.25, 0.3) is 0 Å². The monoisotopic (exact) mass is 343 g/mol. The topological polar surface area (TPSA) is 23.5 Å². The maximum Gasteiger partial charge on any atom is 0.0611 e. The Kier molecular flexibility index (Phi) is 8.71. The minimum Gasteiger partial charge on any atom is -0.392 e. The minimum atomic E-state index is -0.163. The van der Waals surface area contributed by atoms with Crippen LogP contribution in [-0.2, 0) is 0 Å². The highest BCUT2D eigenvalue weighted by atomic mass is 16.3. The lowest BCUT2D eigenvalue weighted by atomic mass is 9.89. The molecule has 1 fully saturated rings. The first-order chi connectivity index (χ1) is 12.1. The molecule has 0 heterocycles. The van der Waals surface area contributed by atoms with Gasteiger partial charge in [0.05, 0.1) is 6.10 Å². The molecule has 0 radical (unpaired) electrons. The van der Waals surface area contributed by atoms with Crippen molar-refractivity contribution in [3.05, 3.63) is 48.1 Å². The molecular weight excluding hydrogens is 306 g/mol. The number of rotatable bonds is 10. The summed E-state index contributed by atoms with van der Waals surface area (Å²) in [6, 6.07) is 0. The van der Waals surface area contributed by atoms with E-state index in [0.717, 1.165) is 12.8 Å². The van der Waals surface area contributed by atoms with Gasteiger partial charge < -0.3 is 10.0 Å². The van der Waals surface area contributed by atoms with Gasteiger partial charge in [0.2, 0.25) is 0 Å². The van der Waals surface area contributed by atoms with Crippen molar-refractivity contribution < 1.29 is 5.11 Å². The van der Waals surface area contributed by atoms with Crippen LogP contribution in [0.3, 0.4) is 0 Å². The van der Waals surface area contributed by atoms with E-state index in [-0.39, 0.29) is 6.10 Å². The fourth-order valence-corrected chi connectivity index (χ4v) is 4.28. The number of aliphatic hydroxyl groups is 1. The Morgan fingerprint density at radius 3 is 2.68 bits per heavy atom. The standard InChI is InChI=1S/C23H37NO/c1-4-5-6-7-8-11-14-21-22-17-19(16-20(22)18-23(21)25)13-10-9-12-15-24(2)3/h5-8,11,14,16,20-23,25H,4,9-10,12-13,15,17-18H2,1-3H3/b6-5-,8-7+,14-11+/t20-,21+,22-,23+/m0/s1. The van der Waals surface area contributed by atoms with Gasteiger partial charge in [-0.1, -0.05) is 61.4 Å². The molecule has 0 amide bonds. The molecule has 0 aromatic carbocycles. The van der Waals surface area contributed by atoms with E-state index in [1.54, 1.807) is 5.57 Å². The van der Waals surface area contributed by atoms with Crippen LogP contribution in [0.5, 0.6) is 0 Å². The van der Waals surface area contributed by atoms with E-state index in [1.165, 1.54) is 38.6 Å². The Balaban J connectivity index is 1.76. The van der Waals surface area contributed by atoms with Crippen molar-refractivity contribution in [2.45, 2.75) is 58.0 Å². The Labute approximate surface area is 155 Å². The van der Waals surface area contributed by atoms with Crippen molar-refractivity contribution in [3.8, 4) is 0 Å². The normalized spacial score (nSPS) is 29.6. The van der Waals surface area contributed by atoms with Crippen LogP contribution in [-0.4, -0.2) is 36.8 Å². The molecule has 0 unspecified atom stereocenters. The molecule has 1 saturated carbocycles. The summed E-state index contributed by atoms with van der Waals surface area (Å²) >= 11 is 0. The summed E-state index contributed by atoms with van der Waals surface area (Å²) in [5, 5.41) is 10.4. The quantitative estimate of drug-likeness (QED) is 0.338. The smallest absolute Gasteiger partial charge is 0.0611 e. The van der Waals surface area contributed by atoms with Crippen molar-refractivity contribution in [2.24, 2.45) is 17.8 Å². The molecule has 2 rings (SSSR count). The summed E-state index contributed by atoms with van der Waals surface area (Å²) in [4.78, 5) is 2.27. The molecule has 2 heteroatoms. The van der Waals surface area contributed by atoms with Crippen LogP contribution >= 0.6 is 0 Å². The van der Waals surface area contributed by atoms with Gasteiger partial charge in [-0.05, 0) is 71.0 Å². The van der Waals surface area contributed by atoms with E-state index in [4.69, 9.17) is 0 Å². The molecule has 140 valence electrons. The summed E-state index contributed by atoms with van der Waals surface area (Å²) in [5.41, 5.74) is 1.64. The third-order valence-corrected chi connectivity index (χ3v) is 5.59. The SMILES string of the molecule is CC\C=C/C=C/C=C/[C@@H]1[C@H]2CC(CCCCCN(C)C)=C[C@H]2C[C@H]1O. The first-order valence-electron chi connectivity index (χ1n) is 10.1. The highest BCUT2D eigenvalue weighted by molar-refractivity contribution is 5.22. The van der Waals surface area contributed by atoms with Crippen molar-refractivity contribution in [1.29, 1.82) is 0 Å². The first-order valence-corrected chi connectivity index (χ1v) is 10.1. The Morgan fingerprint density at radius 2 is 1.92 bits per heavy atom.